The van der Waals surface area contributed by atoms with Gasteiger partial charge in [-0.25, -0.2) is 4.79 Å². The predicted octanol–water partition coefficient (Wildman–Crippen LogP) is 3.38. The Morgan fingerprint density at radius 1 is 1.04 bits per heavy atom. The van der Waals surface area contributed by atoms with E-state index in [9.17, 15) is 9.59 Å². The van der Waals surface area contributed by atoms with Crippen LogP contribution >= 0.6 is 0 Å². The molecule has 1 atom stereocenters. The Bertz CT molecular complexity index is 774. The average molecular weight is 355 g/mol. The molecule has 138 valence electrons. The van der Waals surface area contributed by atoms with Crippen LogP contribution in [0.4, 0.5) is 10.5 Å². The molecule has 0 radical (unpaired) electrons. The Morgan fingerprint density at radius 3 is 2.23 bits per heavy atom. The van der Waals surface area contributed by atoms with Crippen molar-refractivity contribution in [3.63, 3.8) is 0 Å². The van der Waals surface area contributed by atoms with Gasteiger partial charge in [-0.3, -0.25) is 4.79 Å². The summed E-state index contributed by atoms with van der Waals surface area (Å²) < 4.78 is 5.57. The molecule has 1 aromatic heterocycles. The van der Waals surface area contributed by atoms with Gasteiger partial charge < -0.3 is 19.5 Å². The number of nitrogens with zero attached hydrogens (tertiary/aromatic N) is 2. The average Bonchev–Trinajstić information content (AvgIpc) is 3.08. The number of urea groups is 1. The number of ketones is 1. The van der Waals surface area contributed by atoms with Crippen molar-refractivity contribution in [2.24, 2.45) is 0 Å². The lowest BCUT2D eigenvalue weighted by atomic mass is 10.1. The Hall–Kier alpha value is -2.76. The Kier molecular flexibility index (Phi) is 5.30. The molecule has 26 heavy (non-hydrogen) atoms. The van der Waals surface area contributed by atoms with Gasteiger partial charge in [0.05, 0.1) is 6.04 Å². The highest BCUT2D eigenvalue weighted by Crippen LogP contribution is 2.19. The van der Waals surface area contributed by atoms with E-state index < -0.39 is 0 Å². The van der Waals surface area contributed by atoms with Crippen molar-refractivity contribution in [1.29, 1.82) is 0 Å². The van der Waals surface area contributed by atoms with Crippen LogP contribution in [0.15, 0.2) is 40.8 Å². The van der Waals surface area contributed by atoms with Gasteiger partial charge in [0.2, 0.25) is 0 Å². The molecule has 0 bridgehead atoms. The second-order valence-corrected chi connectivity index (χ2v) is 6.70. The molecule has 2 heterocycles. The molecule has 2 aromatic rings. The lowest BCUT2D eigenvalue weighted by Gasteiger charge is -2.36. The fourth-order valence-electron chi connectivity index (χ4n) is 3.11. The number of aryl methyl sites for hydroxylation is 1. The number of hydrogen-bond acceptors (Lipinski definition) is 4. The number of hydrogen-bond donors (Lipinski definition) is 1. The van der Waals surface area contributed by atoms with Crippen LogP contribution in [0.25, 0.3) is 0 Å². The fourth-order valence-corrected chi connectivity index (χ4v) is 3.11. The van der Waals surface area contributed by atoms with E-state index in [0.717, 1.165) is 30.3 Å². The molecule has 1 aliphatic rings. The quantitative estimate of drug-likeness (QED) is 0.854. The lowest BCUT2D eigenvalue weighted by molar-refractivity contribution is 0.101. The summed E-state index contributed by atoms with van der Waals surface area (Å²) >= 11 is 0. The number of furan rings is 1. The minimum atomic E-state index is -0.159. The SMILES string of the molecule is CC(=O)c1ccc(N2CCN(C(=O)NC(C)c3ccc(C)o3)CC2)cc1. The second kappa shape index (κ2) is 7.64. The monoisotopic (exact) mass is 355 g/mol. The molecule has 1 N–H and O–H groups in total. The van der Waals surface area contributed by atoms with E-state index in [4.69, 9.17) is 4.42 Å². The van der Waals surface area contributed by atoms with E-state index in [1.807, 2.05) is 55.1 Å². The van der Waals surface area contributed by atoms with Gasteiger partial charge in [0.25, 0.3) is 0 Å². The minimum absolute atomic E-state index is 0.0684. The summed E-state index contributed by atoms with van der Waals surface area (Å²) in [5.41, 5.74) is 1.79. The summed E-state index contributed by atoms with van der Waals surface area (Å²) in [4.78, 5) is 27.9. The van der Waals surface area contributed by atoms with E-state index in [0.29, 0.717) is 18.7 Å². The van der Waals surface area contributed by atoms with E-state index in [-0.39, 0.29) is 17.9 Å². The highest BCUT2D eigenvalue weighted by atomic mass is 16.3. The summed E-state index contributed by atoms with van der Waals surface area (Å²) in [7, 11) is 0. The molecule has 0 spiro atoms. The number of benzene rings is 1. The first kappa shape index (κ1) is 18.0. The summed E-state index contributed by atoms with van der Waals surface area (Å²) in [6, 6.07) is 11.2. The van der Waals surface area contributed by atoms with E-state index >= 15 is 0 Å². The summed E-state index contributed by atoms with van der Waals surface area (Å²) in [6.07, 6.45) is 0. The summed E-state index contributed by atoms with van der Waals surface area (Å²) in [6.45, 7) is 8.22. The van der Waals surface area contributed by atoms with Crippen LogP contribution in [-0.4, -0.2) is 42.9 Å². The Labute approximate surface area is 153 Å². The van der Waals surface area contributed by atoms with Gasteiger partial charge in [0.1, 0.15) is 11.5 Å². The molecular formula is C20H25N3O3. The van der Waals surface area contributed by atoms with Gasteiger partial charge in [-0.15, -0.1) is 0 Å². The molecule has 3 rings (SSSR count). The number of piperazine rings is 1. The second-order valence-electron chi connectivity index (χ2n) is 6.70. The first-order chi connectivity index (χ1) is 12.4. The number of carbonyl (C=O) groups is 2. The Balaban J connectivity index is 1.52. The maximum atomic E-state index is 12.5. The first-order valence-electron chi connectivity index (χ1n) is 8.92. The number of nitrogens with one attached hydrogen (secondary N) is 1. The molecule has 1 unspecified atom stereocenters. The van der Waals surface area contributed by atoms with Crippen molar-refractivity contribution in [1.82, 2.24) is 10.2 Å². The topological polar surface area (TPSA) is 65.8 Å². The van der Waals surface area contributed by atoms with Crippen molar-refractivity contribution < 1.29 is 14.0 Å². The number of carbonyl (C=O) groups excluding carboxylic acids is 2. The summed E-state index contributed by atoms with van der Waals surface area (Å²) in [5.74, 6) is 1.67. The Morgan fingerprint density at radius 2 is 1.69 bits per heavy atom. The largest absolute Gasteiger partial charge is 0.464 e. The zero-order chi connectivity index (χ0) is 18.7. The van der Waals surface area contributed by atoms with Crippen LogP contribution in [0.1, 0.15) is 41.8 Å². The molecule has 0 aliphatic carbocycles. The van der Waals surface area contributed by atoms with Crippen LogP contribution in [0.3, 0.4) is 0 Å². The van der Waals surface area contributed by atoms with Crippen LogP contribution in [0, 0.1) is 6.92 Å². The first-order valence-corrected chi connectivity index (χ1v) is 8.92. The van der Waals surface area contributed by atoms with Gasteiger partial charge in [-0.1, -0.05) is 0 Å². The third-order valence-electron chi connectivity index (χ3n) is 4.73. The minimum Gasteiger partial charge on any atom is -0.464 e. The summed E-state index contributed by atoms with van der Waals surface area (Å²) in [5, 5.41) is 2.99. The van der Waals surface area contributed by atoms with Crippen LogP contribution in [-0.2, 0) is 0 Å². The van der Waals surface area contributed by atoms with Crippen molar-refractivity contribution in [2.75, 3.05) is 31.1 Å². The smallest absolute Gasteiger partial charge is 0.318 e. The zero-order valence-corrected chi connectivity index (χ0v) is 15.5. The third kappa shape index (κ3) is 4.07. The fraction of sp³-hybridized carbons (Fsp3) is 0.400. The number of Topliss-reactive ketones (excluding diaryl/α,β-unsaturated/α-hetero) is 1. The van der Waals surface area contributed by atoms with Gasteiger partial charge in [0.15, 0.2) is 5.78 Å². The maximum absolute atomic E-state index is 12.5. The normalized spacial score (nSPS) is 15.7. The molecule has 6 heteroatoms. The number of amides is 2. The van der Waals surface area contributed by atoms with E-state index in [1.165, 1.54) is 0 Å². The maximum Gasteiger partial charge on any atom is 0.318 e. The van der Waals surface area contributed by atoms with Crippen LogP contribution < -0.4 is 10.2 Å². The van der Waals surface area contributed by atoms with Gasteiger partial charge in [0, 0.05) is 37.4 Å². The van der Waals surface area contributed by atoms with Gasteiger partial charge >= 0.3 is 6.03 Å². The molecule has 1 fully saturated rings. The highest BCUT2D eigenvalue weighted by Gasteiger charge is 2.23. The van der Waals surface area contributed by atoms with Crippen molar-refractivity contribution in [2.45, 2.75) is 26.8 Å². The van der Waals surface area contributed by atoms with Crippen LogP contribution in [0.2, 0.25) is 0 Å². The van der Waals surface area contributed by atoms with E-state index in [2.05, 4.69) is 10.2 Å². The molecule has 1 saturated heterocycles. The molecule has 1 aromatic carbocycles. The highest BCUT2D eigenvalue weighted by molar-refractivity contribution is 5.94. The van der Waals surface area contributed by atoms with Crippen molar-refractivity contribution in [3.05, 3.63) is 53.5 Å². The van der Waals surface area contributed by atoms with Gasteiger partial charge in [-0.05, 0) is 57.2 Å². The zero-order valence-electron chi connectivity index (χ0n) is 15.5. The predicted molar refractivity (Wildman–Crippen MR) is 101 cm³/mol. The van der Waals surface area contributed by atoms with Crippen molar-refractivity contribution in [3.8, 4) is 0 Å². The van der Waals surface area contributed by atoms with Gasteiger partial charge in [-0.2, -0.15) is 0 Å². The molecule has 1 aliphatic heterocycles. The molecule has 2 amide bonds. The van der Waals surface area contributed by atoms with Crippen LogP contribution in [0.5, 0.6) is 0 Å². The lowest BCUT2D eigenvalue weighted by Crippen LogP contribution is -2.52. The molecular weight excluding hydrogens is 330 g/mol. The molecule has 0 saturated carbocycles. The molecule has 6 nitrogen and oxygen atoms in total. The van der Waals surface area contributed by atoms with E-state index in [1.54, 1.807) is 6.92 Å². The number of rotatable bonds is 4. The standard InChI is InChI=1S/C20H25N3O3/c1-14-4-9-19(26-14)15(2)21-20(25)23-12-10-22(11-13-23)18-7-5-17(6-8-18)16(3)24/h4-9,15H,10-13H2,1-3H3,(H,21,25). The third-order valence-corrected chi connectivity index (χ3v) is 4.73. The number of anilines is 1. The van der Waals surface area contributed by atoms with Crippen molar-refractivity contribution >= 4 is 17.5 Å².